The lowest BCUT2D eigenvalue weighted by Crippen LogP contribution is -3.00. The number of aromatic nitrogens is 1. The van der Waals surface area contributed by atoms with Gasteiger partial charge in [0.1, 0.15) is 7.05 Å². The van der Waals surface area contributed by atoms with Gasteiger partial charge in [0.15, 0.2) is 18.2 Å². The summed E-state index contributed by atoms with van der Waals surface area (Å²) < 4.78 is 2.00. The van der Waals surface area contributed by atoms with Crippen molar-refractivity contribution in [1.29, 1.82) is 0 Å². The molecule has 0 bridgehead atoms. The van der Waals surface area contributed by atoms with Gasteiger partial charge in [0.2, 0.25) is 0 Å². The summed E-state index contributed by atoms with van der Waals surface area (Å²) in [7, 11) is 1.99. The lowest BCUT2D eigenvalue weighted by atomic mass is 9.92. The quantitative estimate of drug-likeness (QED) is 0.369. The van der Waals surface area contributed by atoms with E-state index in [9.17, 15) is 4.79 Å². The van der Waals surface area contributed by atoms with Crippen LogP contribution in [0.25, 0.3) is 6.08 Å². The first kappa shape index (κ1) is 13.4. The summed E-state index contributed by atoms with van der Waals surface area (Å²) in [5.74, 6) is 0.327. The molecule has 1 aliphatic carbocycles. The van der Waals surface area contributed by atoms with Crippen LogP contribution in [-0.4, -0.2) is 5.78 Å². The van der Waals surface area contributed by atoms with Gasteiger partial charge in [-0.1, -0.05) is 0 Å². The molecule has 86 valence electrons. The van der Waals surface area contributed by atoms with Gasteiger partial charge in [0.05, 0.1) is 0 Å². The first-order chi connectivity index (χ1) is 7.25. The maximum Gasteiger partial charge on any atom is 0.175 e. The van der Waals surface area contributed by atoms with E-state index in [1.165, 1.54) is 0 Å². The monoisotopic (exact) mass is 329 g/mol. The van der Waals surface area contributed by atoms with Crippen LogP contribution in [-0.2, 0) is 11.8 Å². The van der Waals surface area contributed by atoms with Crippen molar-refractivity contribution < 1.29 is 33.3 Å². The Morgan fingerprint density at radius 2 is 2.06 bits per heavy atom. The Morgan fingerprint density at radius 1 is 1.31 bits per heavy atom. The van der Waals surface area contributed by atoms with Crippen molar-refractivity contribution in [2.45, 2.75) is 25.7 Å². The van der Waals surface area contributed by atoms with Crippen LogP contribution in [0, 0.1) is 0 Å². The molecule has 1 aliphatic rings. The molecular weight excluding hydrogens is 313 g/mol. The Bertz CT molecular complexity index is 412. The Morgan fingerprint density at radius 3 is 2.75 bits per heavy atom. The zero-order valence-electron chi connectivity index (χ0n) is 9.45. The molecule has 1 saturated carbocycles. The molecule has 1 heterocycles. The molecule has 1 aromatic rings. The lowest BCUT2D eigenvalue weighted by Gasteiger charge is -2.11. The summed E-state index contributed by atoms with van der Waals surface area (Å²) in [5.41, 5.74) is 2.11. The largest absolute Gasteiger partial charge is 1.00 e. The van der Waals surface area contributed by atoms with Gasteiger partial charge >= 0.3 is 0 Å². The van der Waals surface area contributed by atoms with Gasteiger partial charge in [0, 0.05) is 18.1 Å². The number of carbonyl (C=O) groups excluding carboxylic acids is 1. The highest BCUT2D eigenvalue weighted by Gasteiger charge is 2.14. The molecule has 2 rings (SSSR count). The van der Waals surface area contributed by atoms with Crippen LogP contribution >= 0.6 is 0 Å². The van der Waals surface area contributed by atoms with Crippen LogP contribution in [0.3, 0.4) is 0 Å². The predicted octanol–water partition coefficient (Wildman–Crippen LogP) is -0.958. The molecule has 3 heteroatoms. The molecule has 0 unspecified atom stereocenters. The topological polar surface area (TPSA) is 20.9 Å². The second-order valence-corrected chi connectivity index (χ2v) is 4.10. The number of carbonyl (C=O) groups is 1. The average molecular weight is 329 g/mol. The van der Waals surface area contributed by atoms with E-state index in [1.807, 2.05) is 42.2 Å². The molecule has 1 aromatic heterocycles. The van der Waals surface area contributed by atoms with Gasteiger partial charge in [-0.25, -0.2) is 4.57 Å². The van der Waals surface area contributed by atoms with Crippen molar-refractivity contribution in [1.82, 2.24) is 0 Å². The molecule has 16 heavy (non-hydrogen) atoms. The average Bonchev–Trinajstić information content (AvgIpc) is 2.22. The fraction of sp³-hybridized carbons (Fsp3) is 0.385. The van der Waals surface area contributed by atoms with Crippen molar-refractivity contribution in [2.24, 2.45) is 7.05 Å². The lowest BCUT2D eigenvalue weighted by molar-refractivity contribution is -0.671. The van der Waals surface area contributed by atoms with Crippen LogP contribution in [0.15, 0.2) is 30.1 Å². The van der Waals surface area contributed by atoms with Crippen LogP contribution in [0.4, 0.5) is 0 Å². The van der Waals surface area contributed by atoms with E-state index in [-0.39, 0.29) is 24.0 Å². The predicted molar refractivity (Wildman–Crippen MR) is 59.1 cm³/mol. The maximum atomic E-state index is 11.6. The van der Waals surface area contributed by atoms with Gasteiger partial charge in [0.25, 0.3) is 0 Å². The smallest absolute Gasteiger partial charge is 0.175 e. The molecule has 1 fully saturated rings. The molecule has 0 spiro atoms. The SMILES string of the molecule is C[n+]1cccc(C=C2CCCCC2=O)c1.[I-]. The molecule has 0 saturated heterocycles. The van der Waals surface area contributed by atoms with Gasteiger partial charge in [-0.05, 0) is 37.0 Å². The maximum absolute atomic E-state index is 11.6. The number of rotatable bonds is 1. The Kier molecular flexibility index (Phi) is 5.12. The zero-order valence-corrected chi connectivity index (χ0v) is 11.6. The zero-order chi connectivity index (χ0) is 10.7. The van der Waals surface area contributed by atoms with Crippen molar-refractivity contribution in [3.63, 3.8) is 0 Å². The van der Waals surface area contributed by atoms with Gasteiger partial charge in [-0.3, -0.25) is 4.79 Å². The summed E-state index contributed by atoms with van der Waals surface area (Å²) in [6.45, 7) is 0. The van der Waals surface area contributed by atoms with Crippen LogP contribution in [0.2, 0.25) is 0 Å². The van der Waals surface area contributed by atoms with Gasteiger partial charge < -0.3 is 24.0 Å². The fourth-order valence-electron chi connectivity index (χ4n) is 1.95. The van der Waals surface area contributed by atoms with Gasteiger partial charge in [-0.2, -0.15) is 0 Å². The number of allylic oxidation sites excluding steroid dienone is 1. The van der Waals surface area contributed by atoms with E-state index in [0.717, 1.165) is 36.8 Å². The minimum absolute atomic E-state index is 0. The number of pyridine rings is 1. The Hall–Kier alpha value is -0.710. The van der Waals surface area contributed by atoms with E-state index in [2.05, 4.69) is 0 Å². The van der Waals surface area contributed by atoms with Crippen molar-refractivity contribution in [2.75, 3.05) is 0 Å². The molecule has 0 amide bonds. The van der Waals surface area contributed by atoms with E-state index in [1.54, 1.807) is 0 Å². The van der Waals surface area contributed by atoms with Crippen molar-refractivity contribution in [3.05, 3.63) is 35.7 Å². The molecule has 0 N–H and O–H groups in total. The van der Waals surface area contributed by atoms with Gasteiger partial charge in [-0.15, -0.1) is 0 Å². The third-order valence-electron chi connectivity index (χ3n) is 2.76. The number of nitrogens with zero attached hydrogens (tertiary/aromatic N) is 1. The summed E-state index contributed by atoms with van der Waals surface area (Å²) in [4.78, 5) is 11.6. The highest BCUT2D eigenvalue weighted by Crippen LogP contribution is 2.21. The van der Waals surface area contributed by atoms with Crippen LogP contribution in [0.5, 0.6) is 0 Å². The standard InChI is InChI=1S/C13H16NO.HI/c1-14-8-4-5-11(10-14)9-12-6-2-3-7-13(12)15;/h4-5,8-10H,2-3,6-7H2,1H3;1H/q+1;/p-1. The number of hydrogen-bond donors (Lipinski definition) is 0. The molecule has 0 aromatic carbocycles. The van der Waals surface area contributed by atoms with Crippen LogP contribution in [0.1, 0.15) is 31.2 Å². The third-order valence-corrected chi connectivity index (χ3v) is 2.76. The molecule has 2 nitrogen and oxygen atoms in total. The van der Waals surface area contributed by atoms with Crippen molar-refractivity contribution in [3.8, 4) is 0 Å². The summed E-state index contributed by atoms with van der Waals surface area (Å²) >= 11 is 0. The fourth-order valence-corrected chi connectivity index (χ4v) is 1.95. The number of halogens is 1. The minimum Gasteiger partial charge on any atom is -1.00 e. The van der Waals surface area contributed by atoms with E-state index < -0.39 is 0 Å². The summed E-state index contributed by atoms with van der Waals surface area (Å²) in [6.07, 6.45) is 9.93. The van der Waals surface area contributed by atoms with E-state index in [0.29, 0.717) is 5.78 Å². The number of ketones is 1. The third kappa shape index (κ3) is 3.40. The Labute approximate surface area is 113 Å². The Balaban J connectivity index is 0.00000128. The second-order valence-electron chi connectivity index (χ2n) is 4.10. The minimum atomic E-state index is 0. The van der Waals surface area contributed by atoms with E-state index in [4.69, 9.17) is 0 Å². The number of Topliss-reactive ketones (excluding diaryl/α,β-unsaturated/α-hetero) is 1. The van der Waals surface area contributed by atoms with E-state index >= 15 is 0 Å². The van der Waals surface area contributed by atoms with Crippen molar-refractivity contribution >= 4 is 11.9 Å². The number of aryl methyl sites for hydroxylation is 1. The first-order valence-electron chi connectivity index (χ1n) is 5.45. The van der Waals surface area contributed by atoms with Crippen LogP contribution < -0.4 is 28.5 Å². The normalized spacial score (nSPS) is 18.3. The molecular formula is C13H16INO. The summed E-state index contributed by atoms with van der Waals surface area (Å²) in [6, 6.07) is 4.04. The number of hydrogen-bond acceptors (Lipinski definition) is 1. The first-order valence-corrected chi connectivity index (χ1v) is 5.45. The molecule has 0 atom stereocenters. The summed E-state index contributed by atoms with van der Waals surface area (Å²) in [5, 5.41) is 0. The highest BCUT2D eigenvalue weighted by molar-refractivity contribution is 5.99. The molecule has 0 aliphatic heterocycles. The second kappa shape index (κ2) is 6.13. The highest BCUT2D eigenvalue weighted by atomic mass is 127. The molecule has 0 radical (unpaired) electrons.